The topological polar surface area (TPSA) is 42.7 Å². The zero-order valence-electron chi connectivity index (χ0n) is 10.2. The first kappa shape index (κ1) is 11.5. The lowest BCUT2D eigenvalue weighted by Crippen LogP contribution is -2.27. The van der Waals surface area contributed by atoms with E-state index in [0.717, 1.165) is 16.5 Å². The third kappa shape index (κ3) is 2.25. The minimum atomic E-state index is -0.0665. The number of nitrogens with zero attached hydrogens (tertiary/aromatic N) is 1. The number of ether oxygens (including phenoxy) is 1. The predicted molar refractivity (Wildman–Crippen MR) is 65.1 cm³/mol. The second-order valence-electron chi connectivity index (χ2n) is 4.12. The molecule has 1 heterocycles. The number of hydrogen-bond donors (Lipinski definition) is 0. The van der Waals surface area contributed by atoms with Crippen LogP contribution in [-0.4, -0.2) is 31.5 Å². The Morgan fingerprint density at radius 3 is 2.88 bits per heavy atom. The normalized spacial score (nSPS) is 10.5. The van der Waals surface area contributed by atoms with Crippen molar-refractivity contribution in [2.45, 2.75) is 6.92 Å². The van der Waals surface area contributed by atoms with Crippen molar-refractivity contribution in [1.29, 1.82) is 0 Å². The summed E-state index contributed by atoms with van der Waals surface area (Å²) in [5, 5.41) is 0.930. The summed E-state index contributed by atoms with van der Waals surface area (Å²) >= 11 is 0. The molecule has 0 aliphatic carbocycles. The summed E-state index contributed by atoms with van der Waals surface area (Å²) in [7, 11) is 3.41. The van der Waals surface area contributed by atoms with Crippen molar-refractivity contribution in [3.05, 3.63) is 30.0 Å². The summed E-state index contributed by atoms with van der Waals surface area (Å²) in [6.07, 6.45) is 1.69. The van der Waals surface area contributed by atoms with Crippen LogP contribution in [0.3, 0.4) is 0 Å². The number of fused-ring (bicyclic) bond motifs is 1. The zero-order chi connectivity index (χ0) is 12.4. The Kier molecular flexibility index (Phi) is 3.04. The van der Waals surface area contributed by atoms with Gasteiger partial charge in [0.05, 0.1) is 11.6 Å². The smallest absolute Gasteiger partial charge is 0.259 e. The van der Waals surface area contributed by atoms with Crippen LogP contribution in [0, 0.1) is 6.92 Å². The van der Waals surface area contributed by atoms with E-state index in [1.54, 1.807) is 20.4 Å². The highest BCUT2D eigenvalue weighted by Gasteiger charge is 2.10. The van der Waals surface area contributed by atoms with E-state index in [9.17, 15) is 4.79 Å². The van der Waals surface area contributed by atoms with Crippen LogP contribution in [-0.2, 0) is 4.79 Å². The van der Waals surface area contributed by atoms with E-state index in [1.165, 1.54) is 4.90 Å². The van der Waals surface area contributed by atoms with Gasteiger partial charge in [-0.25, -0.2) is 0 Å². The number of carbonyl (C=O) groups is 1. The average Bonchev–Trinajstić information content (AvgIpc) is 2.68. The largest absolute Gasteiger partial charge is 0.483 e. The molecule has 0 aliphatic rings. The molecule has 2 aromatic rings. The molecule has 90 valence electrons. The highest BCUT2D eigenvalue weighted by Crippen LogP contribution is 2.29. The van der Waals surface area contributed by atoms with Gasteiger partial charge in [-0.1, -0.05) is 6.07 Å². The van der Waals surface area contributed by atoms with Gasteiger partial charge in [-0.3, -0.25) is 4.79 Å². The van der Waals surface area contributed by atoms with Crippen LogP contribution in [0.5, 0.6) is 5.75 Å². The zero-order valence-corrected chi connectivity index (χ0v) is 10.2. The Balaban J connectivity index is 2.24. The molecule has 0 unspecified atom stereocenters. The molecule has 17 heavy (non-hydrogen) atoms. The van der Waals surface area contributed by atoms with Crippen molar-refractivity contribution >= 4 is 16.9 Å². The molecule has 1 aromatic carbocycles. The van der Waals surface area contributed by atoms with Gasteiger partial charge in [-0.15, -0.1) is 0 Å². The summed E-state index contributed by atoms with van der Waals surface area (Å²) < 4.78 is 10.9. The molecule has 2 rings (SSSR count). The molecule has 0 N–H and O–H groups in total. The summed E-state index contributed by atoms with van der Waals surface area (Å²) in [5.74, 6) is 0.618. The first-order chi connectivity index (χ1) is 8.09. The molecule has 0 bridgehead atoms. The number of aryl methyl sites for hydroxylation is 1. The van der Waals surface area contributed by atoms with E-state index in [-0.39, 0.29) is 12.5 Å². The van der Waals surface area contributed by atoms with Crippen molar-refractivity contribution in [1.82, 2.24) is 4.90 Å². The quantitative estimate of drug-likeness (QED) is 0.816. The van der Waals surface area contributed by atoms with Crippen molar-refractivity contribution < 1.29 is 13.9 Å². The lowest BCUT2D eigenvalue weighted by molar-refractivity contribution is -0.130. The fourth-order valence-electron chi connectivity index (χ4n) is 1.60. The van der Waals surface area contributed by atoms with Gasteiger partial charge in [-0.2, -0.15) is 0 Å². The van der Waals surface area contributed by atoms with E-state index in [4.69, 9.17) is 9.15 Å². The molecule has 4 nitrogen and oxygen atoms in total. The predicted octanol–water partition coefficient (Wildman–Crippen LogP) is 2.21. The molecule has 1 aromatic heterocycles. The summed E-state index contributed by atoms with van der Waals surface area (Å²) in [6, 6.07) is 5.57. The van der Waals surface area contributed by atoms with Crippen LogP contribution in [0.4, 0.5) is 0 Å². The third-order valence-corrected chi connectivity index (χ3v) is 2.59. The molecular weight excluding hydrogens is 218 g/mol. The van der Waals surface area contributed by atoms with Gasteiger partial charge in [0.1, 0.15) is 11.3 Å². The maximum atomic E-state index is 11.5. The molecule has 0 spiro atoms. The highest BCUT2D eigenvalue weighted by molar-refractivity contribution is 5.87. The van der Waals surface area contributed by atoms with Crippen LogP contribution in [0.15, 0.2) is 28.9 Å². The van der Waals surface area contributed by atoms with Crippen molar-refractivity contribution in [2.75, 3.05) is 20.7 Å². The van der Waals surface area contributed by atoms with Gasteiger partial charge in [0, 0.05) is 14.1 Å². The van der Waals surface area contributed by atoms with Gasteiger partial charge in [0.2, 0.25) is 0 Å². The van der Waals surface area contributed by atoms with E-state index >= 15 is 0 Å². The summed E-state index contributed by atoms with van der Waals surface area (Å²) in [4.78, 5) is 13.0. The summed E-state index contributed by atoms with van der Waals surface area (Å²) in [5.41, 5.74) is 1.78. The minimum Gasteiger partial charge on any atom is -0.483 e. The van der Waals surface area contributed by atoms with Crippen LogP contribution in [0.2, 0.25) is 0 Å². The lowest BCUT2D eigenvalue weighted by atomic mass is 10.2. The number of benzene rings is 1. The maximum absolute atomic E-state index is 11.5. The molecular formula is C13H15NO3. The SMILES string of the molecule is Cc1coc2cccc(OCC(=O)N(C)C)c12. The van der Waals surface area contributed by atoms with Crippen LogP contribution >= 0.6 is 0 Å². The van der Waals surface area contributed by atoms with Crippen molar-refractivity contribution in [2.24, 2.45) is 0 Å². The number of amides is 1. The molecule has 0 radical (unpaired) electrons. The molecule has 0 fully saturated rings. The molecule has 0 atom stereocenters. The lowest BCUT2D eigenvalue weighted by Gasteiger charge is -2.11. The Morgan fingerprint density at radius 1 is 1.41 bits per heavy atom. The Bertz CT molecular complexity index is 543. The minimum absolute atomic E-state index is 0.0384. The Hall–Kier alpha value is -1.97. The second-order valence-corrected chi connectivity index (χ2v) is 4.12. The highest BCUT2D eigenvalue weighted by atomic mass is 16.5. The second kappa shape index (κ2) is 4.49. The molecule has 0 saturated heterocycles. The van der Waals surface area contributed by atoms with Gasteiger partial charge in [0.15, 0.2) is 6.61 Å². The third-order valence-electron chi connectivity index (χ3n) is 2.59. The fraction of sp³-hybridized carbons (Fsp3) is 0.308. The Labute approximate surface area is 99.8 Å². The molecule has 1 amide bonds. The molecule has 0 aliphatic heterocycles. The van der Waals surface area contributed by atoms with Gasteiger partial charge >= 0.3 is 0 Å². The van der Waals surface area contributed by atoms with Gasteiger partial charge in [-0.05, 0) is 24.6 Å². The van der Waals surface area contributed by atoms with E-state index in [0.29, 0.717) is 5.75 Å². The van der Waals surface area contributed by atoms with Crippen molar-refractivity contribution in [3.63, 3.8) is 0 Å². The average molecular weight is 233 g/mol. The number of hydrogen-bond acceptors (Lipinski definition) is 3. The standard InChI is InChI=1S/C13H15NO3/c1-9-7-16-10-5-4-6-11(13(9)10)17-8-12(15)14(2)3/h4-7H,8H2,1-3H3. The van der Waals surface area contributed by atoms with Crippen LogP contribution in [0.1, 0.15) is 5.56 Å². The first-order valence-electron chi connectivity index (χ1n) is 5.39. The van der Waals surface area contributed by atoms with E-state index in [2.05, 4.69) is 0 Å². The number of furan rings is 1. The number of likely N-dealkylation sites (N-methyl/N-ethyl adjacent to an activating group) is 1. The fourth-order valence-corrected chi connectivity index (χ4v) is 1.60. The monoisotopic (exact) mass is 233 g/mol. The van der Waals surface area contributed by atoms with Gasteiger partial charge in [0.25, 0.3) is 5.91 Å². The number of rotatable bonds is 3. The summed E-state index contributed by atoms with van der Waals surface area (Å²) in [6.45, 7) is 1.99. The van der Waals surface area contributed by atoms with Crippen molar-refractivity contribution in [3.8, 4) is 5.75 Å². The maximum Gasteiger partial charge on any atom is 0.259 e. The van der Waals surface area contributed by atoms with E-state index < -0.39 is 0 Å². The molecule has 4 heteroatoms. The van der Waals surface area contributed by atoms with E-state index in [1.807, 2.05) is 25.1 Å². The first-order valence-corrected chi connectivity index (χ1v) is 5.39. The van der Waals surface area contributed by atoms with Gasteiger partial charge < -0.3 is 14.1 Å². The Morgan fingerprint density at radius 2 is 2.18 bits per heavy atom. The number of carbonyl (C=O) groups excluding carboxylic acids is 1. The van der Waals surface area contributed by atoms with Crippen LogP contribution < -0.4 is 4.74 Å². The van der Waals surface area contributed by atoms with Crippen LogP contribution in [0.25, 0.3) is 11.0 Å². The molecule has 0 saturated carbocycles.